The minimum absolute atomic E-state index is 0.342. The quantitative estimate of drug-likeness (QED) is 0.723. The first-order chi connectivity index (χ1) is 11.0. The Balaban J connectivity index is 2.34. The molecule has 0 saturated carbocycles. The molecule has 114 valence electrons. The number of halogens is 2. The third kappa shape index (κ3) is 2.48. The molecule has 2 aromatic rings. The Kier molecular flexibility index (Phi) is 4.05. The highest BCUT2D eigenvalue weighted by atomic mass is 79.9. The zero-order valence-corrected chi connectivity index (χ0v) is 14.9. The van der Waals surface area contributed by atoms with Crippen LogP contribution in [0.5, 0.6) is 0 Å². The molecule has 0 N–H and O–H groups in total. The number of rotatable bonds is 2. The van der Waals surface area contributed by atoms with Crippen molar-refractivity contribution in [1.29, 1.82) is 5.26 Å². The van der Waals surface area contributed by atoms with E-state index in [4.69, 9.17) is 16.9 Å². The maximum atomic E-state index is 9.17. The molecule has 0 aliphatic carbocycles. The summed E-state index contributed by atoms with van der Waals surface area (Å²) in [7, 11) is 0. The van der Waals surface area contributed by atoms with Crippen LogP contribution < -0.4 is 0 Å². The summed E-state index contributed by atoms with van der Waals surface area (Å²) in [5.41, 5.74) is 3.49. The molecule has 0 spiro atoms. The maximum absolute atomic E-state index is 9.17. The van der Waals surface area contributed by atoms with Gasteiger partial charge in [-0.1, -0.05) is 11.6 Å². The van der Waals surface area contributed by atoms with Gasteiger partial charge in [-0.25, -0.2) is 9.97 Å². The van der Waals surface area contributed by atoms with Crippen LogP contribution in [0.1, 0.15) is 27.9 Å². The van der Waals surface area contributed by atoms with Gasteiger partial charge in [0, 0.05) is 6.21 Å². The minimum atomic E-state index is -0.770. The van der Waals surface area contributed by atoms with Gasteiger partial charge >= 0.3 is 0 Å². The fourth-order valence-electron chi connectivity index (χ4n) is 3.04. The summed E-state index contributed by atoms with van der Waals surface area (Å²) in [5.74, 6) is 0. The predicted molar refractivity (Wildman–Crippen MR) is 93.8 cm³/mol. The second-order valence-electron chi connectivity index (χ2n) is 5.33. The summed E-state index contributed by atoms with van der Waals surface area (Å²) < 4.78 is 0.619. The number of hydrogen-bond acceptors (Lipinski definition) is 4. The molecule has 1 aromatic heterocycles. The van der Waals surface area contributed by atoms with Crippen LogP contribution in [-0.4, -0.2) is 16.2 Å². The maximum Gasteiger partial charge on any atom is 0.148 e. The molecule has 0 radical (unpaired) electrons. The fraction of sp³-hybridized carbons (Fsp3) is 0.176. The molecule has 1 aliphatic rings. The molecule has 0 amide bonds. The van der Waals surface area contributed by atoms with Gasteiger partial charge in [0.1, 0.15) is 17.0 Å². The highest BCUT2D eigenvalue weighted by Gasteiger charge is 2.39. The third-order valence-electron chi connectivity index (χ3n) is 3.85. The van der Waals surface area contributed by atoms with Crippen molar-refractivity contribution < 1.29 is 0 Å². The standard InChI is InChI=1S/C17H12BrClN4/c1-10-6-12(8-20)7-11(2)13(10)17(4-3-5-23-17)15-14(18)16(19)22-9-21-15/h3-7,9H,1-2H3. The summed E-state index contributed by atoms with van der Waals surface area (Å²) in [5, 5.41) is 9.51. The molecule has 1 aliphatic heterocycles. The van der Waals surface area contributed by atoms with Gasteiger partial charge in [0.2, 0.25) is 0 Å². The summed E-state index contributed by atoms with van der Waals surface area (Å²) in [6.45, 7) is 3.95. The van der Waals surface area contributed by atoms with Crippen molar-refractivity contribution in [2.45, 2.75) is 19.4 Å². The number of nitrogens with zero attached hydrogens (tertiary/aromatic N) is 4. The van der Waals surface area contributed by atoms with Gasteiger partial charge in [-0.15, -0.1) is 0 Å². The average molecular weight is 388 g/mol. The van der Waals surface area contributed by atoms with Crippen LogP contribution in [0, 0.1) is 25.2 Å². The van der Waals surface area contributed by atoms with Crippen LogP contribution in [0.2, 0.25) is 5.15 Å². The molecule has 2 heterocycles. The molecule has 1 unspecified atom stereocenters. The smallest absolute Gasteiger partial charge is 0.148 e. The first kappa shape index (κ1) is 15.9. The van der Waals surface area contributed by atoms with E-state index in [0.717, 1.165) is 16.7 Å². The van der Waals surface area contributed by atoms with Crippen molar-refractivity contribution in [2.24, 2.45) is 4.99 Å². The molecule has 1 aromatic carbocycles. The van der Waals surface area contributed by atoms with Crippen LogP contribution in [0.25, 0.3) is 0 Å². The van der Waals surface area contributed by atoms with E-state index < -0.39 is 5.54 Å². The molecule has 0 fully saturated rings. The zero-order valence-electron chi connectivity index (χ0n) is 12.5. The molecular weight excluding hydrogens is 376 g/mol. The second-order valence-corrected chi connectivity index (χ2v) is 6.48. The normalized spacial score (nSPS) is 19.1. The van der Waals surface area contributed by atoms with E-state index in [2.05, 4.69) is 37.0 Å². The Bertz CT molecular complexity index is 861. The number of aromatic nitrogens is 2. The van der Waals surface area contributed by atoms with Gasteiger partial charge in [0.25, 0.3) is 0 Å². The van der Waals surface area contributed by atoms with E-state index in [1.165, 1.54) is 6.33 Å². The number of hydrogen-bond donors (Lipinski definition) is 0. The summed E-state index contributed by atoms with van der Waals surface area (Å²) in [4.78, 5) is 13.1. The van der Waals surface area contributed by atoms with Crippen LogP contribution in [0.3, 0.4) is 0 Å². The van der Waals surface area contributed by atoms with Crippen molar-refractivity contribution in [3.05, 3.63) is 68.2 Å². The van der Waals surface area contributed by atoms with E-state index in [1.807, 2.05) is 38.1 Å². The number of allylic oxidation sites excluding steroid dienone is 1. The van der Waals surface area contributed by atoms with E-state index in [0.29, 0.717) is 20.9 Å². The summed E-state index contributed by atoms with van der Waals surface area (Å²) in [6, 6.07) is 5.91. The van der Waals surface area contributed by atoms with Gasteiger partial charge in [0.15, 0.2) is 0 Å². The first-order valence-corrected chi connectivity index (χ1v) is 8.08. The Hall–Kier alpha value is -2.03. The van der Waals surface area contributed by atoms with Crippen molar-refractivity contribution >= 4 is 33.7 Å². The van der Waals surface area contributed by atoms with Crippen LogP contribution in [0.15, 0.2) is 40.1 Å². The van der Waals surface area contributed by atoms with Crippen LogP contribution in [-0.2, 0) is 5.54 Å². The van der Waals surface area contributed by atoms with Gasteiger partial charge in [-0.3, -0.25) is 4.99 Å². The number of aliphatic imine (C=N–C) groups is 1. The number of nitriles is 1. The van der Waals surface area contributed by atoms with Gasteiger partial charge in [-0.2, -0.15) is 5.26 Å². The van der Waals surface area contributed by atoms with Crippen molar-refractivity contribution in [1.82, 2.24) is 9.97 Å². The van der Waals surface area contributed by atoms with Crippen molar-refractivity contribution in [3.63, 3.8) is 0 Å². The lowest BCUT2D eigenvalue weighted by molar-refractivity contribution is 0.653. The van der Waals surface area contributed by atoms with Crippen LogP contribution in [0.4, 0.5) is 0 Å². The highest BCUT2D eigenvalue weighted by Crippen LogP contribution is 2.43. The summed E-state index contributed by atoms with van der Waals surface area (Å²) in [6.07, 6.45) is 7.05. The highest BCUT2D eigenvalue weighted by molar-refractivity contribution is 9.10. The lowest BCUT2D eigenvalue weighted by Crippen LogP contribution is -2.26. The molecule has 3 rings (SSSR count). The topological polar surface area (TPSA) is 61.9 Å². The molecule has 23 heavy (non-hydrogen) atoms. The lowest BCUT2D eigenvalue weighted by Gasteiger charge is -2.29. The molecule has 4 nitrogen and oxygen atoms in total. The minimum Gasteiger partial charge on any atom is -0.271 e. The van der Waals surface area contributed by atoms with Gasteiger partial charge < -0.3 is 0 Å². The van der Waals surface area contributed by atoms with Crippen molar-refractivity contribution in [2.75, 3.05) is 0 Å². The van der Waals surface area contributed by atoms with Gasteiger partial charge in [0.05, 0.1) is 21.8 Å². The fourth-order valence-corrected chi connectivity index (χ4v) is 3.68. The Morgan fingerprint density at radius 2 is 1.91 bits per heavy atom. The molecule has 0 bridgehead atoms. The molecular formula is C17H12BrClN4. The van der Waals surface area contributed by atoms with E-state index in [-0.39, 0.29) is 0 Å². The first-order valence-electron chi connectivity index (χ1n) is 6.91. The SMILES string of the molecule is Cc1cc(C#N)cc(C)c1C1(c2ncnc(Cl)c2Br)C=CC=N1. The van der Waals surface area contributed by atoms with Crippen molar-refractivity contribution in [3.8, 4) is 6.07 Å². The van der Waals surface area contributed by atoms with E-state index >= 15 is 0 Å². The molecule has 1 atom stereocenters. The Labute approximate surface area is 147 Å². The third-order valence-corrected chi connectivity index (χ3v) is 5.12. The van der Waals surface area contributed by atoms with Gasteiger partial charge in [-0.05, 0) is 70.8 Å². The van der Waals surface area contributed by atoms with Crippen LogP contribution >= 0.6 is 27.5 Å². The second kappa shape index (κ2) is 5.88. The zero-order chi connectivity index (χ0) is 16.6. The average Bonchev–Trinajstić information content (AvgIpc) is 2.99. The largest absolute Gasteiger partial charge is 0.271 e. The lowest BCUT2D eigenvalue weighted by atomic mass is 9.81. The Morgan fingerprint density at radius 3 is 2.48 bits per heavy atom. The predicted octanol–water partition coefficient (Wildman–Crippen LogP) is 4.27. The monoisotopic (exact) mass is 386 g/mol. The number of aryl methyl sites for hydroxylation is 2. The summed E-state index contributed by atoms with van der Waals surface area (Å²) >= 11 is 9.63. The number of benzene rings is 1. The Morgan fingerprint density at radius 1 is 1.22 bits per heavy atom. The molecule has 0 saturated heterocycles. The molecule has 6 heteroatoms. The van der Waals surface area contributed by atoms with E-state index in [9.17, 15) is 0 Å². The van der Waals surface area contributed by atoms with E-state index in [1.54, 1.807) is 6.21 Å².